The number of carbonyl (C=O) groups excluding carboxylic acids is 2. The molecule has 2 fully saturated rings. The highest BCUT2D eigenvalue weighted by Gasteiger charge is 2.45. The molecule has 0 aromatic carbocycles. The number of amides is 2. The lowest BCUT2D eigenvalue weighted by Crippen LogP contribution is -2.22. The van der Waals surface area contributed by atoms with Crippen molar-refractivity contribution in [1.29, 1.82) is 0 Å². The first-order valence-corrected chi connectivity index (χ1v) is 11.3. The maximum atomic E-state index is 13.5. The van der Waals surface area contributed by atoms with Gasteiger partial charge in [-0.15, -0.1) is 0 Å². The molecule has 3 aromatic heterocycles. The summed E-state index contributed by atoms with van der Waals surface area (Å²) in [6.07, 6.45) is 5.60. The first kappa shape index (κ1) is 18.7. The van der Waals surface area contributed by atoms with Gasteiger partial charge in [-0.3, -0.25) is 19.1 Å². The molecule has 34 heavy (non-hydrogen) atoms. The second-order valence-corrected chi connectivity index (χ2v) is 9.85. The average Bonchev–Trinajstić information content (AvgIpc) is 3.69. The van der Waals surface area contributed by atoms with Crippen LogP contribution in [0, 0.1) is 17.3 Å². The molecule has 3 heterocycles. The molecule has 0 saturated heterocycles. The van der Waals surface area contributed by atoms with E-state index in [2.05, 4.69) is 34.6 Å². The Bertz CT molecular complexity index is 1470. The maximum Gasteiger partial charge on any atom is 0.263 e. The Morgan fingerprint density at radius 3 is 2.76 bits per heavy atom. The molecule has 0 radical (unpaired) electrons. The Balaban J connectivity index is 1.53. The van der Waals surface area contributed by atoms with Crippen LogP contribution in [-0.4, -0.2) is 38.1 Å². The molecule has 178 valence electrons. The molecule has 2 aliphatic rings. The van der Waals surface area contributed by atoms with E-state index in [1.807, 2.05) is 11.4 Å². The second-order valence-electron chi connectivity index (χ2n) is 9.85. The molecule has 2 aliphatic carbocycles. The van der Waals surface area contributed by atoms with Gasteiger partial charge >= 0.3 is 0 Å². The highest BCUT2D eigenvalue weighted by Crippen LogP contribution is 2.52. The van der Waals surface area contributed by atoms with Crippen molar-refractivity contribution in [3.05, 3.63) is 40.4 Å². The summed E-state index contributed by atoms with van der Waals surface area (Å²) in [4.78, 5) is 42.6. The topological polar surface area (TPSA) is 123 Å². The number of anilines is 3. The first-order chi connectivity index (χ1) is 17.3. The Morgan fingerprint density at radius 1 is 1.32 bits per heavy atom. The minimum Gasteiger partial charge on any atom is -0.355 e. The van der Waals surface area contributed by atoms with Crippen LogP contribution in [0.4, 0.5) is 17.3 Å². The fraction of sp³-hybridized carbons (Fsp3) is 0.458. The van der Waals surface area contributed by atoms with Crippen LogP contribution >= 0.6 is 0 Å². The zero-order valence-electron chi connectivity index (χ0n) is 22.3. The highest BCUT2D eigenvalue weighted by atomic mass is 16.2. The van der Waals surface area contributed by atoms with Crippen molar-refractivity contribution in [2.75, 3.05) is 17.6 Å². The van der Waals surface area contributed by atoms with Gasteiger partial charge in [-0.2, -0.15) is 5.10 Å². The van der Waals surface area contributed by atoms with Crippen molar-refractivity contribution in [1.82, 2.24) is 24.6 Å². The van der Waals surface area contributed by atoms with Crippen LogP contribution < -0.4 is 21.5 Å². The Hall–Kier alpha value is -3.69. The average molecular weight is 467 g/mol. The lowest BCUT2D eigenvalue weighted by Gasteiger charge is -2.12. The van der Waals surface area contributed by atoms with E-state index in [4.69, 9.17) is 4.11 Å². The number of aromatic nitrogens is 4. The van der Waals surface area contributed by atoms with Crippen LogP contribution in [0.15, 0.2) is 29.3 Å². The SMILES string of the molecule is [2H]C([2H])([2H])NC(=O)c1cnc(NC(=O)C2CC2)cc1Nc1nn(C)c2ccn(CC3CC3(C)C)c(=O)c12. The van der Waals surface area contributed by atoms with Gasteiger partial charge in [0, 0.05) is 49.1 Å². The summed E-state index contributed by atoms with van der Waals surface area (Å²) in [5.74, 6) is -0.315. The van der Waals surface area contributed by atoms with E-state index in [9.17, 15) is 14.4 Å². The number of aryl methyl sites for hydroxylation is 1. The molecule has 0 spiro atoms. The minimum atomic E-state index is -2.71. The van der Waals surface area contributed by atoms with Gasteiger partial charge in [0.2, 0.25) is 5.91 Å². The molecule has 0 bridgehead atoms. The van der Waals surface area contributed by atoms with Crippen LogP contribution in [0.2, 0.25) is 0 Å². The number of fused-ring (bicyclic) bond motifs is 1. The van der Waals surface area contributed by atoms with E-state index in [-0.39, 0.29) is 45.7 Å². The summed E-state index contributed by atoms with van der Waals surface area (Å²) < 4.78 is 25.4. The number of hydrogen-bond acceptors (Lipinski definition) is 6. The molecule has 10 heteroatoms. The number of carbonyl (C=O) groups is 2. The van der Waals surface area contributed by atoms with Crippen LogP contribution in [-0.2, 0) is 18.4 Å². The maximum absolute atomic E-state index is 13.5. The Morgan fingerprint density at radius 2 is 2.09 bits per heavy atom. The smallest absolute Gasteiger partial charge is 0.263 e. The van der Waals surface area contributed by atoms with Gasteiger partial charge in [-0.1, -0.05) is 13.8 Å². The van der Waals surface area contributed by atoms with E-state index in [1.54, 1.807) is 22.5 Å². The van der Waals surface area contributed by atoms with E-state index in [0.29, 0.717) is 23.4 Å². The molecule has 2 amide bonds. The van der Waals surface area contributed by atoms with Crippen LogP contribution in [0.1, 0.15) is 47.6 Å². The predicted molar refractivity (Wildman–Crippen MR) is 129 cm³/mol. The van der Waals surface area contributed by atoms with Crippen molar-refractivity contribution >= 4 is 40.0 Å². The molecular weight excluding hydrogens is 434 g/mol. The van der Waals surface area contributed by atoms with E-state index < -0.39 is 12.9 Å². The van der Waals surface area contributed by atoms with Gasteiger partial charge in [-0.05, 0) is 36.7 Å². The van der Waals surface area contributed by atoms with Crippen molar-refractivity contribution in [2.24, 2.45) is 24.3 Å². The summed E-state index contributed by atoms with van der Waals surface area (Å²) in [6.45, 7) is 2.23. The quantitative estimate of drug-likeness (QED) is 0.492. The van der Waals surface area contributed by atoms with E-state index in [0.717, 1.165) is 19.3 Å². The molecule has 2 saturated carbocycles. The zero-order chi connectivity index (χ0) is 26.7. The third kappa shape index (κ3) is 4.04. The normalized spacial score (nSPS) is 20.2. The number of nitrogens with zero attached hydrogens (tertiary/aromatic N) is 4. The lowest BCUT2D eigenvalue weighted by atomic mass is 10.1. The number of rotatable bonds is 7. The summed E-state index contributed by atoms with van der Waals surface area (Å²) in [5, 5.41) is 12.5. The van der Waals surface area contributed by atoms with Gasteiger partial charge in [0.25, 0.3) is 11.5 Å². The molecule has 3 aromatic rings. The minimum absolute atomic E-state index is 0.0635. The summed E-state index contributed by atoms with van der Waals surface area (Å²) in [6, 6.07) is 3.25. The molecule has 0 aliphatic heterocycles. The van der Waals surface area contributed by atoms with Crippen LogP contribution in [0.25, 0.3) is 10.9 Å². The first-order valence-electron chi connectivity index (χ1n) is 12.8. The Labute approximate surface area is 201 Å². The number of pyridine rings is 2. The van der Waals surface area contributed by atoms with E-state index in [1.165, 1.54) is 12.3 Å². The predicted octanol–water partition coefficient (Wildman–Crippen LogP) is 2.63. The molecule has 1 atom stereocenters. The molecule has 3 N–H and O–H groups in total. The molecule has 10 nitrogen and oxygen atoms in total. The molecular formula is C24H29N7O3. The van der Waals surface area contributed by atoms with Crippen molar-refractivity contribution in [3.8, 4) is 0 Å². The fourth-order valence-electron chi connectivity index (χ4n) is 4.24. The summed E-state index contributed by atoms with van der Waals surface area (Å²) in [5.41, 5.74) is 0.661. The monoisotopic (exact) mass is 466 g/mol. The Kier molecular flexibility index (Phi) is 4.38. The lowest BCUT2D eigenvalue weighted by molar-refractivity contribution is -0.117. The van der Waals surface area contributed by atoms with Gasteiger partial charge < -0.3 is 20.5 Å². The number of hydrogen-bond donors (Lipinski definition) is 3. The van der Waals surface area contributed by atoms with Gasteiger partial charge in [-0.25, -0.2) is 4.98 Å². The third-order valence-electron chi connectivity index (χ3n) is 6.83. The van der Waals surface area contributed by atoms with Crippen LogP contribution in [0.5, 0.6) is 0 Å². The van der Waals surface area contributed by atoms with Gasteiger partial charge in [0.15, 0.2) is 5.82 Å². The summed E-state index contributed by atoms with van der Waals surface area (Å²) >= 11 is 0. The number of nitrogens with one attached hydrogen (secondary N) is 3. The van der Waals surface area contributed by atoms with Crippen molar-refractivity contribution in [3.63, 3.8) is 0 Å². The fourth-order valence-corrected chi connectivity index (χ4v) is 4.24. The largest absolute Gasteiger partial charge is 0.355 e. The second kappa shape index (κ2) is 7.96. The van der Waals surface area contributed by atoms with Crippen molar-refractivity contribution < 1.29 is 13.7 Å². The summed E-state index contributed by atoms with van der Waals surface area (Å²) in [7, 11) is 1.71. The van der Waals surface area contributed by atoms with Crippen LogP contribution in [0.3, 0.4) is 0 Å². The molecule has 1 unspecified atom stereocenters. The van der Waals surface area contributed by atoms with Crippen molar-refractivity contribution in [2.45, 2.75) is 39.7 Å². The highest BCUT2D eigenvalue weighted by molar-refractivity contribution is 6.02. The third-order valence-corrected chi connectivity index (χ3v) is 6.83. The van der Waals surface area contributed by atoms with Gasteiger partial charge in [0.05, 0.1) is 16.8 Å². The molecule has 5 rings (SSSR count). The standard InChI is InChI=1S/C24H29N7O3/c1-24(2)10-14(24)12-31-8-7-17-19(23(31)34)20(29-30(17)4)27-16-9-18(28-21(32)13-5-6-13)26-11-15(16)22(33)25-3/h7-9,11,13-14H,5-6,10,12H2,1-4H3,(H,25,33)(H2,26,27,28,29,32)/i3D3. The van der Waals surface area contributed by atoms with E-state index >= 15 is 0 Å². The van der Waals surface area contributed by atoms with Gasteiger partial charge in [0.1, 0.15) is 11.2 Å². The zero-order valence-corrected chi connectivity index (χ0v) is 19.3.